The van der Waals surface area contributed by atoms with E-state index in [1.54, 1.807) is 0 Å². The van der Waals surface area contributed by atoms with Crippen LogP contribution in [0.1, 0.15) is 63.0 Å². The van der Waals surface area contributed by atoms with Gasteiger partial charge in [-0.15, -0.1) is 0 Å². The minimum atomic E-state index is -1.14. The monoisotopic (exact) mass is 482 g/mol. The number of benzene rings is 2. The number of hydrogen-bond acceptors (Lipinski definition) is 5. The highest BCUT2D eigenvalue weighted by Gasteiger charge is 2.29. The Balaban J connectivity index is 1.41. The average Bonchev–Trinajstić information content (AvgIpc) is 3.18. The third kappa shape index (κ3) is 7.29. The quantitative estimate of drug-likeness (QED) is 0.359. The van der Waals surface area contributed by atoms with Crippen molar-refractivity contribution in [2.45, 2.75) is 58.0 Å². The molecule has 3 rings (SSSR count). The molecule has 8 heteroatoms. The van der Waals surface area contributed by atoms with Crippen molar-refractivity contribution in [2.24, 2.45) is 5.92 Å². The zero-order valence-electron chi connectivity index (χ0n) is 20.3. The van der Waals surface area contributed by atoms with Crippen LogP contribution in [0.15, 0.2) is 48.5 Å². The number of carboxylic acids is 1. The predicted molar refractivity (Wildman–Crippen MR) is 132 cm³/mol. The number of hydrogen-bond donors (Lipinski definition) is 3. The highest BCUT2D eigenvalue weighted by molar-refractivity contribution is 5.79. The normalized spacial score (nSPS) is 13.9. The van der Waals surface area contributed by atoms with Gasteiger partial charge in [0.25, 0.3) is 0 Å². The molecule has 188 valence electrons. The third-order valence-electron chi connectivity index (χ3n) is 6.34. The lowest BCUT2D eigenvalue weighted by molar-refractivity contribution is -0.158. The maximum Gasteiger partial charge on any atom is 0.407 e. The van der Waals surface area contributed by atoms with Crippen LogP contribution >= 0.6 is 0 Å². The van der Waals surface area contributed by atoms with E-state index in [0.29, 0.717) is 13.0 Å². The summed E-state index contributed by atoms with van der Waals surface area (Å²) in [6.07, 6.45) is 1.90. The number of amides is 2. The number of alkyl carbamates (subject to hydrolysis) is 1. The maximum atomic E-state index is 12.4. The molecule has 0 aliphatic heterocycles. The second-order valence-corrected chi connectivity index (χ2v) is 8.86. The molecule has 0 radical (unpaired) electrons. The van der Waals surface area contributed by atoms with E-state index in [1.807, 2.05) is 24.3 Å². The van der Waals surface area contributed by atoms with Crippen LogP contribution in [0.5, 0.6) is 0 Å². The molecule has 0 spiro atoms. The van der Waals surface area contributed by atoms with Gasteiger partial charge in [0.2, 0.25) is 5.91 Å². The average molecular weight is 483 g/mol. The van der Waals surface area contributed by atoms with E-state index in [-0.39, 0.29) is 30.8 Å². The molecule has 0 aromatic heterocycles. The zero-order valence-corrected chi connectivity index (χ0v) is 20.3. The van der Waals surface area contributed by atoms with Gasteiger partial charge in [0, 0.05) is 18.9 Å². The van der Waals surface area contributed by atoms with Gasteiger partial charge in [-0.2, -0.15) is 0 Å². The summed E-state index contributed by atoms with van der Waals surface area (Å²) < 4.78 is 5.57. The topological polar surface area (TPSA) is 114 Å². The smallest absolute Gasteiger partial charge is 0.407 e. The SMILES string of the molecule is CCCC(CCNC(=O)OCC1c2ccccc2-c2ccccc21)CCC(=O)NOC(C)C(=O)O. The van der Waals surface area contributed by atoms with Crippen LogP contribution < -0.4 is 10.8 Å². The molecule has 0 saturated heterocycles. The van der Waals surface area contributed by atoms with Crippen molar-refractivity contribution in [1.29, 1.82) is 0 Å². The fraction of sp³-hybridized carbons (Fsp3) is 0.444. The van der Waals surface area contributed by atoms with Gasteiger partial charge in [-0.3, -0.25) is 9.63 Å². The molecule has 0 heterocycles. The Labute approximate surface area is 206 Å². The Morgan fingerprint density at radius 3 is 2.20 bits per heavy atom. The largest absolute Gasteiger partial charge is 0.479 e. The fourth-order valence-corrected chi connectivity index (χ4v) is 4.46. The summed E-state index contributed by atoms with van der Waals surface area (Å²) in [5, 5.41) is 11.6. The molecule has 2 unspecified atom stereocenters. The van der Waals surface area contributed by atoms with Crippen LogP contribution in [0.25, 0.3) is 11.1 Å². The Morgan fingerprint density at radius 1 is 0.971 bits per heavy atom. The number of nitrogens with one attached hydrogen (secondary N) is 2. The fourth-order valence-electron chi connectivity index (χ4n) is 4.46. The number of carbonyl (C=O) groups is 3. The van der Waals surface area contributed by atoms with Crippen molar-refractivity contribution >= 4 is 18.0 Å². The molecule has 8 nitrogen and oxygen atoms in total. The second-order valence-electron chi connectivity index (χ2n) is 8.86. The van der Waals surface area contributed by atoms with Gasteiger partial charge in [0.05, 0.1) is 0 Å². The zero-order chi connectivity index (χ0) is 25.2. The summed E-state index contributed by atoms with van der Waals surface area (Å²) in [5.41, 5.74) is 6.90. The Morgan fingerprint density at radius 2 is 1.60 bits per heavy atom. The molecule has 2 aromatic carbocycles. The summed E-state index contributed by atoms with van der Waals surface area (Å²) in [6.45, 7) is 4.14. The molecule has 0 bridgehead atoms. The number of carboxylic acid groups (broad SMARTS) is 1. The van der Waals surface area contributed by atoms with Gasteiger partial charge in [-0.05, 0) is 47.9 Å². The van der Waals surface area contributed by atoms with Crippen LogP contribution in [-0.4, -0.2) is 42.3 Å². The Hall–Kier alpha value is -3.39. The van der Waals surface area contributed by atoms with E-state index in [2.05, 4.69) is 42.0 Å². The van der Waals surface area contributed by atoms with Gasteiger partial charge >= 0.3 is 12.1 Å². The molecule has 2 atom stereocenters. The highest BCUT2D eigenvalue weighted by atomic mass is 16.7. The summed E-state index contributed by atoms with van der Waals surface area (Å²) in [5.74, 6) is -1.24. The minimum absolute atomic E-state index is 0.0190. The Kier molecular flexibility index (Phi) is 9.66. The van der Waals surface area contributed by atoms with E-state index in [4.69, 9.17) is 14.7 Å². The molecule has 2 aromatic rings. The van der Waals surface area contributed by atoms with Crippen molar-refractivity contribution in [3.8, 4) is 11.1 Å². The third-order valence-corrected chi connectivity index (χ3v) is 6.34. The van der Waals surface area contributed by atoms with E-state index >= 15 is 0 Å². The molecule has 1 aliphatic rings. The molecule has 0 saturated carbocycles. The summed E-state index contributed by atoms with van der Waals surface area (Å²) in [6, 6.07) is 16.4. The molecular weight excluding hydrogens is 448 g/mol. The molecule has 3 N–H and O–H groups in total. The number of carbonyl (C=O) groups excluding carboxylic acids is 2. The van der Waals surface area contributed by atoms with Gasteiger partial charge < -0.3 is 15.2 Å². The number of ether oxygens (including phenoxy) is 1. The molecular formula is C27H34N2O6. The number of rotatable bonds is 13. The van der Waals surface area contributed by atoms with E-state index < -0.39 is 18.2 Å². The van der Waals surface area contributed by atoms with Gasteiger partial charge in [-0.25, -0.2) is 15.1 Å². The van der Waals surface area contributed by atoms with Crippen LogP contribution in [0.4, 0.5) is 4.79 Å². The van der Waals surface area contributed by atoms with Gasteiger partial charge in [-0.1, -0.05) is 68.3 Å². The number of fused-ring (bicyclic) bond motifs is 3. The van der Waals surface area contributed by atoms with Crippen LogP contribution in [0, 0.1) is 5.92 Å². The summed E-state index contributed by atoms with van der Waals surface area (Å²) >= 11 is 0. The van der Waals surface area contributed by atoms with Crippen molar-refractivity contribution in [2.75, 3.05) is 13.2 Å². The first-order valence-electron chi connectivity index (χ1n) is 12.2. The first kappa shape index (κ1) is 26.2. The Bertz CT molecular complexity index is 979. The van der Waals surface area contributed by atoms with Crippen LogP contribution in [-0.2, 0) is 19.2 Å². The van der Waals surface area contributed by atoms with Gasteiger partial charge in [0.15, 0.2) is 6.10 Å². The van der Waals surface area contributed by atoms with Crippen LogP contribution in [0.3, 0.4) is 0 Å². The highest BCUT2D eigenvalue weighted by Crippen LogP contribution is 2.44. The predicted octanol–water partition coefficient (Wildman–Crippen LogP) is 4.63. The first-order chi connectivity index (χ1) is 16.9. The molecule has 0 fully saturated rings. The van der Waals surface area contributed by atoms with Crippen molar-refractivity contribution in [1.82, 2.24) is 10.8 Å². The van der Waals surface area contributed by atoms with Crippen molar-refractivity contribution in [3.05, 3.63) is 59.7 Å². The second kappa shape index (κ2) is 12.9. The molecule has 1 aliphatic carbocycles. The van der Waals surface area contributed by atoms with Crippen LogP contribution in [0.2, 0.25) is 0 Å². The van der Waals surface area contributed by atoms with E-state index in [0.717, 1.165) is 19.3 Å². The summed E-state index contributed by atoms with van der Waals surface area (Å²) in [7, 11) is 0. The van der Waals surface area contributed by atoms with Crippen molar-refractivity contribution in [3.63, 3.8) is 0 Å². The lowest BCUT2D eigenvalue weighted by atomic mass is 9.94. The van der Waals surface area contributed by atoms with E-state index in [9.17, 15) is 14.4 Å². The summed E-state index contributed by atoms with van der Waals surface area (Å²) in [4.78, 5) is 39.9. The molecule has 35 heavy (non-hydrogen) atoms. The first-order valence-corrected chi connectivity index (χ1v) is 12.2. The maximum absolute atomic E-state index is 12.4. The standard InChI is InChI=1S/C27H34N2O6/c1-3-8-19(13-14-25(30)29-35-18(2)26(31)32)15-16-28-27(33)34-17-24-22-11-6-4-9-20(22)21-10-5-7-12-23(21)24/h4-7,9-12,18-19,24H,3,8,13-17H2,1-2H3,(H,28,33)(H,29,30)(H,31,32). The van der Waals surface area contributed by atoms with Crippen molar-refractivity contribution < 1.29 is 29.1 Å². The lowest BCUT2D eigenvalue weighted by Crippen LogP contribution is -2.32. The minimum Gasteiger partial charge on any atom is -0.479 e. The molecule has 2 amide bonds. The number of aliphatic carboxylic acids is 1. The lowest BCUT2D eigenvalue weighted by Gasteiger charge is -2.17. The van der Waals surface area contributed by atoms with Gasteiger partial charge in [0.1, 0.15) is 6.61 Å². The van der Waals surface area contributed by atoms with E-state index in [1.165, 1.54) is 29.2 Å². The number of hydroxylamine groups is 1.